The van der Waals surface area contributed by atoms with E-state index in [1.54, 1.807) is 6.08 Å². The van der Waals surface area contributed by atoms with Crippen LogP contribution >= 0.6 is 0 Å². The Morgan fingerprint density at radius 1 is 1.16 bits per heavy atom. The van der Waals surface area contributed by atoms with E-state index in [4.69, 9.17) is 0 Å². The van der Waals surface area contributed by atoms with Crippen molar-refractivity contribution < 1.29 is 22.4 Å². The van der Waals surface area contributed by atoms with E-state index in [-0.39, 0.29) is 11.3 Å². The first-order chi connectivity index (χ1) is 8.89. The van der Waals surface area contributed by atoms with Crippen LogP contribution in [-0.2, 0) is 6.18 Å². The summed E-state index contributed by atoms with van der Waals surface area (Å²) in [5.74, 6) is -1.79. The Balaban J connectivity index is 2.29. The molecule has 0 fully saturated rings. The summed E-state index contributed by atoms with van der Waals surface area (Å²) in [6, 6.07) is 2.32. The molecule has 0 bridgehead atoms. The second-order valence-corrected chi connectivity index (χ2v) is 4.50. The third-order valence-corrected chi connectivity index (χ3v) is 3.12. The molecule has 1 aromatic carbocycles. The molecule has 0 N–H and O–H groups in total. The summed E-state index contributed by atoms with van der Waals surface area (Å²) < 4.78 is 50.6. The van der Waals surface area contributed by atoms with Gasteiger partial charge in [-0.05, 0) is 43.4 Å². The van der Waals surface area contributed by atoms with Crippen LogP contribution in [0.5, 0.6) is 0 Å². The zero-order chi connectivity index (χ0) is 14.0. The molecule has 0 radical (unpaired) electrons. The number of benzene rings is 1. The highest BCUT2D eigenvalue weighted by molar-refractivity contribution is 6.08. The van der Waals surface area contributed by atoms with Gasteiger partial charge in [-0.15, -0.1) is 0 Å². The minimum atomic E-state index is -4.74. The molecule has 1 aliphatic rings. The predicted molar refractivity (Wildman–Crippen MR) is 62.3 cm³/mol. The van der Waals surface area contributed by atoms with Gasteiger partial charge in [-0.3, -0.25) is 4.79 Å². The lowest BCUT2D eigenvalue weighted by Gasteiger charge is -2.13. The van der Waals surface area contributed by atoms with Gasteiger partial charge in [0.15, 0.2) is 5.78 Å². The number of halogens is 4. The predicted octanol–water partition coefficient (Wildman–Crippen LogP) is 4.53. The summed E-state index contributed by atoms with van der Waals surface area (Å²) in [5, 5.41) is 0. The minimum absolute atomic E-state index is 0.0290. The number of Topliss-reactive ketones (excluding diaryl/α,β-unsaturated/α-hetero) is 1. The number of hydrogen-bond donors (Lipinski definition) is 0. The lowest BCUT2D eigenvalue weighted by molar-refractivity contribution is -0.140. The van der Waals surface area contributed by atoms with Crippen LogP contribution in [-0.4, -0.2) is 5.78 Å². The van der Waals surface area contributed by atoms with E-state index < -0.39 is 17.6 Å². The van der Waals surface area contributed by atoms with Gasteiger partial charge in [-0.2, -0.15) is 13.2 Å². The van der Waals surface area contributed by atoms with E-state index in [2.05, 4.69) is 0 Å². The lowest BCUT2D eigenvalue weighted by atomic mass is 9.92. The summed E-state index contributed by atoms with van der Waals surface area (Å²) in [6.07, 6.45) is 0.293. The quantitative estimate of drug-likeness (QED) is 0.571. The molecular formula is C14H12F4O. The van der Waals surface area contributed by atoms with E-state index in [9.17, 15) is 22.4 Å². The molecule has 0 unspecified atom stereocenters. The third kappa shape index (κ3) is 3.03. The van der Waals surface area contributed by atoms with Gasteiger partial charge in [0.25, 0.3) is 0 Å². The van der Waals surface area contributed by atoms with Crippen LogP contribution in [0.2, 0.25) is 0 Å². The summed E-state index contributed by atoms with van der Waals surface area (Å²) in [4.78, 5) is 12.0. The van der Waals surface area contributed by atoms with Crippen LogP contribution in [0.3, 0.4) is 0 Å². The van der Waals surface area contributed by atoms with Crippen molar-refractivity contribution in [3.63, 3.8) is 0 Å². The van der Waals surface area contributed by atoms with Crippen LogP contribution in [0.1, 0.15) is 41.6 Å². The maximum absolute atomic E-state index is 13.4. The molecule has 102 valence electrons. The Morgan fingerprint density at radius 2 is 1.89 bits per heavy atom. The van der Waals surface area contributed by atoms with Gasteiger partial charge >= 0.3 is 6.18 Å². The number of rotatable bonds is 2. The number of hydrogen-bond acceptors (Lipinski definition) is 1. The highest BCUT2D eigenvalue weighted by Crippen LogP contribution is 2.32. The zero-order valence-corrected chi connectivity index (χ0v) is 10.1. The second-order valence-electron chi connectivity index (χ2n) is 4.50. The van der Waals surface area contributed by atoms with Gasteiger partial charge < -0.3 is 0 Å². The molecule has 0 spiro atoms. The first-order valence-electron chi connectivity index (χ1n) is 6.00. The van der Waals surface area contributed by atoms with Crippen molar-refractivity contribution in [1.82, 2.24) is 0 Å². The first-order valence-corrected chi connectivity index (χ1v) is 6.00. The first kappa shape index (κ1) is 13.8. The molecular weight excluding hydrogens is 260 g/mol. The van der Waals surface area contributed by atoms with Crippen LogP contribution < -0.4 is 0 Å². The second kappa shape index (κ2) is 5.15. The standard InChI is InChI=1S/C14H12F4O/c15-12-8-10(6-7-11(12)14(16,17)18)13(19)9-4-2-1-3-5-9/h4,6-8H,1-3,5H2. The van der Waals surface area contributed by atoms with Gasteiger partial charge in [0, 0.05) is 5.56 Å². The summed E-state index contributed by atoms with van der Waals surface area (Å²) in [5.41, 5.74) is -0.814. The van der Waals surface area contributed by atoms with Crippen molar-refractivity contribution in [2.75, 3.05) is 0 Å². The van der Waals surface area contributed by atoms with E-state index in [1.807, 2.05) is 0 Å². The normalized spacial score (nSPS) is 16.1. The molecule has 0 atom stereocenters. The Labute approximate surface area is 107 Å². The molecule has 0 aromatic heterocycles. The third-order valence-electron chi connectivity index (χ3n) is 3.12. The fourth-order valence-electron chi connectivity index (χ4n) is 2.12. The van der Waals surface area contributed by atoms with Crippen LogP contribution in [0.25, 0.3) is 0 Å². The largest absolute Gasteiger partial charge is 0.419 e. The summed E-state index contributed by atoms with van der Waals surface area (Å²) in [6.45, 7) is 0. The molecule has 1 aromatic rings. The number of alkyl halides is 3. The van der Waals surface area contributed by atoms with Gasteiger partial charge in [0.1, 0.15) is 5.82 Å². The number of carbonyl (C=O) groups excluding carboxylic acids is 1. The number of allylic oxidation sites excluding steroid dienone is 2. The van der Waals surface area contributed by atoms with Crippen LogP contribution in [0.4, 0.5) is 17.6 Å². The molecule has 2 rings (SSSR count). The Hall–Kier alpha value is -1.65. The Bertz CT molecular complexity index is 529. The molecule has 0 heterocycles. The van der Waals surface area contributed by atoms with Crippen LogP contribution in [0, 0.1) is 5.82 Å². The maximum atomic E-state index is 13.4. The van der Waals surface area contributed by atoms with Crippen molar-refractivity contribution in [2.45, 2.75) is 31.9 Å². The zero-order valence-electron chi connectivity index (χ0n) is 10.1. The van der Waals surface area contributed by atoms with E-state index >= 15 is 0 Å². The van der Waals surface area contributed by atoms with E-state index in [1.165, 1.54) is 0 Å². The van der Waals surface area contributed by atoms with Crippen molar-refractivity contribution in [1.29, 1.82) is 0 Å². The summed E-state index contributed by atoms with van der Waals surface area (Å²) in [7, 11) is 0. The average molecular weight is 272 g/mol. The highest BCUT2D eigenvalue weighted by Gasteiger charge is 2.34. The van der Waals surface area contributed by atoms with E-state index in [0.717, 1.165) is 25.3 Å². The van der Waals surface area contributed by atoms with Crippen molar-refractivity contribution in [2.24, 2.45) is 0 Å². The Morgan fingerprint density at radius 3 is 2.42 bits per heavy atom. The minimum Gasteiger partial charge on any atom is -0.289 e. The van der Waals surface area contributed by atoms with Crippen LogP contribution in [0.15, 0.2) is 29.8 Å². The topological polar surface area (TPSA) is 17.1 Å². The molecule has 0 aliphatic heterocycles. The lowest BCUT2D eigenvalue weighted by Crippen LogP contribution is -2.11. The number of carbonyl (C=O) groups is 1. The molecule has 0 amide bonds. The number of ketones is 1. The van der Waals surface area contributed by atoms with E-state index in [0.29, 0.717) is 24.1 Å². The van der Waals surface area contributed by atoms with Crippen molar-refractivity contribution in [3.8, 4) is 0 Å². The highest BCUT2D eigenvalue weighted by atomic mass is 19.4. The fraction of sp³-hybridized carbons (Fsp3) is 0.357. The van der Waals surface area contributed by atoms with Crippen molar-refractivity contribution >= 4 is 5.78 Å². The molecule has 19 heavy (non-hydrogen) atoms. The van der Waals surface area contributed by atoms with Gasteiger partial charge in [-0.1, -0.05) is 12.1 Å². The smallest absolute Gasteiger partial charge is 0.289 e. The summed E-state index contributed by atoms with van der Waals surface area (Å²) >= 11 is 0. The molecule has 1 nitrogen and oxygen atoms in total. The molecule has 0 saturated carbocycles. The Kier molecular flexibility index (Phi) is 3.73. The average Bonchev–Trinajstić information content (AvgIpc) is 2.37. The monoisotopic (exact) mass is 272 g/mol. The van der Waals surface area contributed by atoms with Gasteiger partial charge in [0.05, 0.1) is 5.56 Å². The van der Waals surface area contributed by atoms with Gasteiger partial charge in [-0.25, -0.2) is 4.39 Å². The molecule has 0 saturated heterocycles. The SMILES string of the molecule is O=C(C1=CCCCC1)c1ccc(C(F)(F)F)c(F)c1. The van der Waals surface area contributed by atoms with Gasteiger partial charge in [0.2, 0.25) is 0 Å². The van der Waals surface area contributed by atoms with Crippen molar-refractivity contribution in [3.05, 3.63) is 46.8 Å². The molecule has 1 aliphatic carbocycles. The maximum Gasteiger partial charge on any atom is 0.419 e. The molecule has 5 heteroatoms. The fourth-order valence-corrected chi connectivity index (χ4v) is 2.12.